The molecule has 0 bridgehead atoms. The monoisotopic (exact) mass is 291 g/mol. The average molecular weight is 291 g/mol. The van der Waals surface area contributed by atoms with Gasteiger partial charge in [-0.05, 0) is 56.5 Å². The van der Waals surface area contributed by atoms with E-state index in [2.05, 4.69) is 10.2 Å². The Morgan fingerprint density at radius 3 is 2.81 bits per heavy atom. The molecule has 0 aromatic heterocycles. The number of hydrogen-bond donors (Lipinski definition) is 3. The van der Waals surface area contributed by atoms with Crippen LogP contribution in [0.1, 0.15) is 24.8 Å². The molecule has 1 fully saturated rings. The second-order valence-corrected chi connectivity index (χ2v) is 6.13. The molecule has 1 aliphatic rings. The lowest BCUT2D eigenvalue weighted by Crippen LogP contribution is -2.38. The van der Waals surface area contributed by atoms with E-state index in [9.17, 15) is 9.90 Å². The summed E-state index contributed by atoms with van der Waals surface area (Å²) in [6.07, 6.45) is 2.14. The van der Waals surface area contributed by atoms with Crippen molar-refractivity contribution in [1.29, 1.82) is 0 Å². The number of aryl methyl sites for hydroxylation is 1. The van der Waals surface area contributed by atoms with E-state index in [-0.39, 0.29) is 12.0 Å². The lowest BCUT2D eigenvalue weighted by molar-refractivity contribution is -0.116. The molecular formula is C16H25N3O2. The van der Waals surface area contributed by atoms with Crippen LogP contribution in [0.5, 0.6) is 0 Å². The molecule has 21 heavy (non-hydrogen) atoms. The Labute approximate surface area is 126 Å². The molecule has 0 atom stereocenters. The predicted octanol–water partition coefficient (Wildman–Crippen LogP) is 1.61. The summed E-state index contributed by atoms with van der Waals surface area (Å²) in [6, 6.07) is 5.47. The average Bonchev–Trinajstić information content (AvgIpc) is 2.38. The molecule has 0 saturated heterocycles. The second-order valence-electron chi connectivity index (χ2n) is 6.13. The van der Waals surface area contributed by atoms with Crippen LogP contribution in [-0.4, -0.2) is 42.2 Å². The number of carbonyl (C=O) groups is 1. The standard InChI is InChI=1S/C16H25N3O2/c1-11-7-13(17)3-4-15(11)18-16(21)5-6-19(2)10-12-8-14(20)9-12/h3-4,7,12,14,20H,5-6,8-10,17H2,1-2H3,(H,18,21). The lowest BCUT2D eigenvalue weighted by Gasteiger charge is -2.34. The van der Waals surface area contributed by atoms with Crippen LogP contribution >= 0.6 is 0 Å². The highest BCUT2D eigenvalue weighted by Crippen LogP contribution is 2.27. The van der Waals surface area contributed by atoms with Gasteiger partial charge in [0.1, 0.15) is 0 Å². The van der Waals surface area contributed by atoms with Gasteiger partial charge < -0.3 is 21.1 Å². The topological polar surface area (TPSA) is 78.6 Å². The Morgan fingerprint density at radius 1 is 1.48 bits per heavy atom. The molecule has 1 amide bonds. The third-order valence-electron chi connectivity index (χ3n) is 4.03. The Bertz CT molecular complexity index is 498. The number of amides is 1. The molecule has 5 nitrogen and oxygen atoms in total. The van der Waals surface area contributed by atoms with Crippen molar-refractivity contribution in [3.63, 3.8) is 0 Å². The van der Waals surface area contributed by atoms with Crippen molar-refractivity contribution in [1.82, 2.24) is 4.90 Å². The van der Waals surface area contributed by atoms with Crippen LogP contribution in [0.25, 0.3) is 0 Å². The number of aliphatic hydroxyl groups excluding tert-OH is 1. The fourth-order valence-corrected chi connectivity index (χ4v) is 2.71. The van der Waals surface area contributed by atoms with Crippen molar-refractivity contribution in [2.45, 2.75) is 32.3 Å². The molecule has 1 aromatic carbocycles. The van der Waals surface area contributed by atoms with Gasteiger partial charge in [0, 0.05) is 30.9 Å². The first kappa shape index (κ1) is 15.8. The van der Waals surface area contributed by atoms with Crippen LogP contribution < -0.4 is 11.1 Å². The van der Waals surface area contributed by atoms with Gasteiger partial charge in [-0.15, -0.1) is 0 Å². The molecule has 0 radical (unpaired) electrons. The van der Waals surface area contributed by atoms with E-state index in [1.54, 1.807) is 6.07 Å². The van der Waals surface area contributed by atoms with Gasteiger partial charge in [-0.2, -0.15) is 0 Å². The lowest BCUT2D eigenvalue weighted by atomic mass is 9.82. The zero-order valence-electron chi connectivity index (χ0n) is 12.8. The smallest absolute Gasteiger partial charge is 0.225 e. The van der Waals surface area contributed by atoms with E-state index in [1.165, 1.54) is 0 Å². The third kappa shape index (κ3) is 4.72. The number of anilines is 2. The van der Waals surface area contributed by atoms with Gasteiger partial charge in [0.25, 0.3) is 0 Å². The Hall–Kier alpha value is -1.59. The normalized spacial score (nSPS) is 21.1. The highest BCUT2D eigenvalue weighted by Gasteiger charge is 2.27. The summed E-state index contributed by atoms with van der Waals surface area (Å²) in [7, 11) is 2.02. The van der Waals surface area contributed by atoms with Crippen LogP contribution in [0.2, 0.25) is 0 Å². The minimum absolute atomic E-state index is 0.0170. The van der Waals surface area contributed by atoms with E-state index in [1.807, 2.05) is 26.1 Å². The molecule has 2 rings (SSSR count). The minimum Gasteiger partial charge on any atom is -0.399 e. The van der Waals surface area contributed by atoms with Crippen molar-refractivity contribution in [3.05, 3.63) is 23.8 Å². The van der Waals surface area contributed by atoms with Crippen LogP contribution in [-0.2, 0) is 4.79 Å². The molecule has 0 aliphatic heterocycles. The summed E-state index contributed by atoms with van der Waals surface area (Å²) in [6.45, 7) is 3.61. The number of benzene rings is 1. The molecule has 5 heteroatoms. The molecule has 0 heterocycles. The first-order valence-corrected chi connectivity index (χ1v) is 7.46. The zero-order valence-corrected chi connectivity index (χ0v) is 12.8. The summed E-state index contributed by atoms with van der Waals surface area (Å²) in [5.74, 6) is 0.593. The molecule has 1 saturated carbocycles. The molecule has 1 aromatic rings. The van der Waals surface area contributed by atoms with Gasteiger partial charge in [-0.1, -0.05) is 0 Å². The Kier molecular flexibility index (Phi) is 5.20. The van der Waals surface area contributed by atoms with Crippen LogP contribution in [0.4, 0.5) is 11.4 Å². The van der Waals surface area contributed by atoms with Crippen molar-refractivity contribution >= 4 is 17.3 Å². The summed E-state index contributed by atoms with van der Waals surface area (Å²) < 4.78 is 0. The largest absolute Gasteiger partial charge is 0.399 e. The van der Waals surface area contributed by atoms with Crippen LogP contribution in [0, 0.1) is 12.8 Å². The molecule has 116 valence electrons. The van der Waals surface area contributed by atoms with E-state index in [4.69, 9.17) is 5.73 Å². The van der Waals surface area contributed by atoms with Gasteiger partial charge >= 0.3 is 0 Å². The number of nitrogens with zero attached hydrogens (tertiary/aromatic N) is 1. The van der Waals surface area contributed by atoms with Gasteiger partial charge in [-0.3, -0.25) is 4.79 Å². The molecule has 1 aliphatic carbocycles. The first-order chi connectivity index (χ1) is 9.94. The fourth-order valence-electron chi connectivity index (χ4n) is 2.71. The molecular weight excluding hydrogens is 266 g/mol. The summed E-state index contributed by atoms with van der Waals surface area (Å²) in [5, 5.41) is 12.2. The number of carbonyl (C=O) groups excluding carboxylic acids is 1. The fraction of sp³-hybridized carbons (Fsp3) is 0.562. The number of rotatable bonds is 6. The zero-order chi connectivity index (χ0) is 15.4. The number of hydrogen-bond acceptors (Lipinski definition) is 4. The predicted molar refractivity (Wildman–Crippen MR) is 85.1 cm³/mol. The molecule has 4 N–H and O–H groups in total. The van der Waals surface area contributed by atoms with E-state index in [0.717, 1.165) is 37.2 Å². The number of aliphatic hydroxyl groups is 1. The Morgan fingerprint density at radius 2 is 2.19 bits per heavy atom. The number of nitrogen functional groups attached to an aromatic ring is 1. The minimum atomic E-state index is -0.111. The second kappa shape index (κ2) is 6.91. The van der Waals surface area contributed by atoms with Gasteiger partial charge in [-0.25, -0.2) is 0 Å². The van der Waals surface area contributed by atoms with Crippen molar-refractivity contribution < 1.29 is 9.90 Å². The highest BCUT2D eigenvalue weighted by molar-refractivity contribution is 5.91. The van der Waals surface area contributed by atoms with E-state index in [0.29, 0.717) is 18.0 Å². The number of nitrogens with two attached hydrogens (primary N) is 1. The Balaban J connectivity index is 1.71. The summed E-state index contributed by atoms with van der Waals surface area (Å²) >= 11 is 0. The van der Waals surface area contributed by atoms with Crippen LogP contribution in [0.3, 0.4) is 0 Å². The summed E-state index contributed by atoms with van der Waals surface area (Å²) in [5.41, 5.74) is 8.19. The maximum absolute atomic E-state index is 12.0. The van der Waals surface area contributed by atoms with Gasteiger partial charge in [0.05, 0.1) is 6.10 Å². The van der Waals surface area contributed by atoms with E-state index < -0.39 is 0 Å². The number of nitrogens with one attached hydrogen (secondary N) is 1. The summed E-state index contributed by atoms with van der Waals surface area (Å²) in [4.78, 5) is 14.1. The van der Waals surface area contributed by atoms with E-state index >= 15 is 0 Å². The SMILES string of the molecule is Cc1cc(N)ccc1NC(=O)CCN(C)CC1CC(O)C1. The van der Waals surface area contributed by atoms with Crippen molar-refractivity contribution in [3.8, 4) is 0 Å². The maximum atomic E-state index is 12.0. The first-order valence-electron chi connectivity index (χ1n) is 7.46. The van der Waals surface area contributed by atoms with Crippen molar-refractivity contribution in [2.24, 2.45) is 5.92 Å². The quantitative estimate of drug-likeness (QED) is 0.696. The highest BCUT2D eigenvalue weighted by atomic mass is 16.3. The molecule has 0 spiro atoms. The third-order valence-corrected chi connectivity index (χ3v) is 4.03. The molecule has 0 unspecified atom stereocenters. The van der Waals surface area contributed by atoms with Gasteiger partial charge in [0.2, 0.25) is 5.91 Å². The maximum Gasteiger partial charge on any atom is 0.225 e. The van der Waals surface area contributed by atoms with Gasteiger partial charge in [0.15, 0.2) is 0 Å². The van der Waals surface area contributed by atoms with Crippen molar-refractivity contribution in [2.75, 3.05) is 31.2 Å². The van der Waals surface area contributed by atoms with Crippen LogP contribution in [0.15, 0.2) is 18.2 Å².